The standard InChI is InChI=1S/C8H13NO2/c1-5-8(7(10)11-2)3-6(8)4-9-5/h5-6,9H,3-4H2,1-2H3/t5-,6?,8-/m0/s1. The van der Waals surface area contributed by atoms with E-state index in [1.54, 1.807) is 0 Å². The van der Waals surface area contributed by atoms with Crippen molar-refractivity contribution in [1.82, 2.24) is 5.32 Å². The summed E-state index contributed by atoms with van der Waals surface area (Å²) in [6, 6.07) is 0.306. The summed E-state index contributed by atoms with van der Waals surface area (Å²) >= 11 is 0. The van der Waals surface area contributed by atoms with Gasteiger partial charge in [0.25, 0.3) is 0 Å². The van der Waals surface area contributed by atoms with Crippen molar-refractivity contribution in [2.24, 2.45) is 11.3 Å². The minimum atomic E-state index is -0.144. The molecule has 1 heterocycles. The van der Waals surface area contributed by atoms with Gasteiger partial charge < -0.3 is 10.1 Å². The highest BCUT2D eigenvalue weighted by Gasteiger charge is 2.67. The van der Waals surface area contributed by atoms with Gasteiger partial charge in [-0.25, -0.2) is 0 Å². The summed E-state index contributed by atoms with van der Waals surface area (Å²) in [6.07, 6.45) is 1.02. The van der Waals surface area contributed by atoms with E-state index in [-0.39, 0.29) is 11.4 Å². The highest BCUT2D eigenvalue weighted by atomic mass is 16.5. The van der Waals surface area contributed by atoms with E-state index in [2.05, 4.69) is 12.2 Å². The number of carbonyl (C=O) groups is 1. The van der Waals surface area contributed by atoms with Crippen molar-refractivity contribution in [3.8, 4) is 0 Å². The van der Waals surface area contributed by atoms with E-state index >= 15 is 0 Å². The zero-order chi connectivity index (χ0) is 8.06. The summed E-state index contributed by atoms with van der Waals surface area (Å²) in [5.41, 5.74) is -0.144. The highest BCUT2D eigenvalue weighted by Crippen LogP contribution is 2.58. The van der Waals surface area contributed by atoms with Gasteiger partial charge in [-0.3, -0.25) is 4.79 Å². The monoisotopic (exact) mass is 155 g/mol. The van der Waals surface area contributed by atoms with E-state index < -0.39 is 0 Å². The summed E-state index contributed by atoms with van der Waals surface area (Å²) < 4.78 is 4.77. The Kier molecular flexibility index (Phi) is 1.27. The first-order chi connectivity index (χ1) is 5.21. The molecule has 0 radical (unpaired) electrons. The van der Waals surface area contributed by atoms with Crippen LogP contribution in [0.1, 0.15) is 13.3 Å². The molecule has 1 saturated heterocycles. The number of methoxy groups -OCH3 is 1. The van der Waals surface area contributed by atoms with Crippen LogP contribution in [-0.4, -0.2) is 25.7 Å². The van der Waals surface area contributed by atoms with Crippen LogP contribution >= 0.6 is 0 Å². The molecular formula is C8H13NO2. The largest absolute Gasteiger partial charge is 0.469 e. The molecule has 1 aliphatic carbocycles. The first-order valence-electron chi connectivity index (χ1n) is 4.03. The number of ether oxygens (including phenoxy) is 1. The third-order valence-corrected chi connectivity index (χ3v) is 3.16. The number of fused-ring (bicyclic) bond motifs is 1. The number of nitrogens with one attached hydrogen (secondary N) is 1. The van der Waals surface area contributed by atoms with E-state index in [0.717, 1.165) is 13.0 Å². The Balaban J connectivity index is 2.18. The molecule has 0 aromatic carbocycles. The second-order valence-corrected chi connectivity index (χ2v) is 3.56. The molecule has 1 aliphatic heterocycles. The average molecular weight is 155 g/mol. The fraction of sp³-hybridized carbons (Fsp3) is 0.875. The summed E-state index contributed by atoms with van der Waals surface area (Å²) in [7, 11) is 1.47. The first-order valence-corrected chi connectivity index (χ1v) is 4.03. The summed E-state index contributed by atoms with van der Waals surface area (Å²) in [6.45, 7) is 3.04. The van der Waals surface area contributed by atoms with Gasteiger partial charge in [0, 0.05) is 6.04 Å². The molecule has 0 bridgehead atoms. The van der Waals surface area contributed by atoms with Crippen molar-refractivity contribution >= 4 is 5.97 Å². The van der Waals surface area contributed by atoms with E-state index in [1.165, 1.54) is 7.11 Å². The number of esters is 1. The Bertz CT molecular complexity index is 204. The molecule has 3 nitrogen and oxygen atoms in total. The maximum Gasteiger partial charge on any atom is 0.313 e. The summed E-state index contributed by atoms with van der Waals surface area (Å²) in [4.78, 5) is 11.3. The van der Waals surface area contributed by atoms with Crippen LogP contribution in [0.2, 0.25) is 0 Å². The van der Waals surface area contributed by atoms with Gasteiger partial charge in [0.05, 0.1) is 12.5 Å². The van der Waals surface area contributed by atoms with Crippen LogP contribution in [0.25, 0.3) is 0 Å². The first kappa shape index (κ1) is 7.10. The van der Waals surface area contributed by atoms with Crippen molar-refractivity contribution in [3.63, 3.8) is 0 Å². The number of piperidine rings is 1. The average Bonchev–Trinajstić information content (AvgIpc) is 2.68. The van der Waals surface area contributed by atoms with Gasteiger partial charge in [0.1, 0.15) is 0 Å². The Morgan fingerprint density at radius 3 is 2.82 bits per heavy atom. The van der Waals surface area contributed by atoms with Gasteiger partial charge in [-0.1, -0.05) is 0 Å². The van der Waals surface area contributed by atoms with Crippen LogP contribution in [0.5, 0.6) is 0 Å². The van der Waals surface area contributed by atoms with Crippen LogP contribution in [0.3, 0.4) is 0 Å². The molecule has 1 N–H and O–H groups in total. The number of rotatable bonds is 1. The SMILES string of the molecule is COC(=O)[C@]12CC1CN[C@H]2C. The highest BCUT2D eigenvalue weighted by molar-refractivity contribution is 5.82. The van der Waals surface area contributed by atoms with Crippen molar-refractivity contribution in [2.45, 2.75) is 19.4 Å². The number of hydrogen-bond acceptors (Lipinski definition) is 3. The van der Waals surface area contributed by atoms with Crippen LogP contribution in [0.4, 0.5) is 0 Å². The predicted octanol–water partition coefficient (Wildman–Crippen LogP) is 0.157. The molecule has 1 unspecified atom stereocenters. The molecule has 3 atom stereocenters. The molecule has 2 fully saturated rings. The maximum atomic E-state index is 11.3. The molecule has 0 aromatic heterocycles. The van der Waals surface area contributed by atoms with Gasteiger partial charge in [-0.2, -0.15) is 0 Å². The second-order valence-electron chi connectivity index (χ2n) is 3.56. The molecule has 11 heavy (non-hydrogen) atoms. The lowest BCUT2D eigenvalue weighted by molar-refractivity contribution is -0.147. The molecule has 2 aliphatic rings. The predicted molar refractivity (Wildman–Crippen MR) is 40.0 cm³/mol. The molecular weight excluding hydrogens is 142 g/mol. The third kappa shape index (κ3) is 0.692. The van der Waals surface area contributed by atoms with Crippen LogP contribution in [-0.2, 0) is 9.53 Å². The number of carbonyl (C=O) groups excluding carboxylic acids is 1. The third-order valence-electron chi connectivity index (χ3n) is 3.16. The lowest BCUT2D eigenvalue weighted by Gasteiger charge is -2.16. The zero-order valence-electron chi connectivity index (χ0n) is 6.89. The topological polar surface area (TPSA) is 38.3 Å². The molecule has 2 rings (SSSR count). The van der Waals surface area contributed by atoms with E-state index in [1.807, 2.05) is 0 Å². The fourth-order valence-corrected chi connectivity index (χ4v) is 2.25. The van der Waals surface area contributed by atoms with Crippen LogP contribution in [0.15, 0.2) is 0 Å². The molecule has 1 saturated carbocycles. The van der Waals surface area contributed by atoms with Crippen molar-refractivity contribution in [1.29, 1.82) is 0 Å². The molecule has 62 valence electrons. The van der Waals surface area contributed by atoms with Gasteiger partial charge >= 0.3 is 5.97 Å². The maximum absolute atomic E-state index is 11.3. The second kappa shape index (κ2) is 1.97. The molecule has 3 heteroatoms. The lowest BCUT2D eigenvalue weighted by Crippen LogP contribution is -2.34. The summed E-state index contributed by atoms with van der Waals surface area (Å²) in [5, 5.41) is 3.27. The zero-order valence-corrected chi connectivity index (χ0v) is 6.89. The minimum Gasteiger partial charge on any atom is -0.469 e. The van der Waals surface area contributed by atoms with Crippen LogP contribution < -0.4 is 5.32 Å². The Labute approximate surface area is 66.1 Å². The van der Waals surface area contributed by atoms with E-state index in [9.17, 15) is 4.79 Å². The van der Waals surface area contributed by atoms with E-state index in [4.69, 9.17) is 4.74 Å². The van der Waals surface area contributed by atoms with Gasteiger partial charge in [-0.05, 0) is 25.8 Å². The van der Waals surface area contributed by atoms with E-state index in [0.29, 0.717) is 12.0 Å². The lowest BCUT2D eigenvalue weighted by atomic mass is 9.99. The van der Waals surface area contributed by atoms with Crippen LogP contribution in [0, 0.1) is 11.3 Å². The van der Waals surface area contributed by atoms with Gasteiger partial charge in [0.2, 0.25) is 0 Å². The molecule has 0 aromatic rings. The van der Waals surface area contributed by atoms with Gasteiger partial charge in [0.15, 0.2) is 0 Å². The fourth-order valence-electron chi connectivity index (χ4n) is 2.25. The molecule has 0 spiro atoms. The van der Waals surface area contributed by atoms with Crippen molar-refractivity contribution in [2.75, 3.05) is 13.7 Å². The molecule has 0 amide bonds. The van der Waals surface area contributed by atoms with Crippen molar-refractivity contribution < 1.29 is 9.53 Å². The smallest absolute Gasteiger partial charge is 0.313 e. The Hall–Kier alpha value is -0.570. The quantitative estimate of drug-likeness (QED) is 0.548. The normalized spacial score (nSPS) is 46.7. The summed E-state index contributed by atoms with van der Waals surface area (Å²) in [5.74, 6) is 0.518. The minimum absolute atomic E-state index is 0.0278. The Morgan fingerprint density at radius 2 is 2.45 bits per heavy atom. The van der Waals surface area contributed by atoms with Gasteiger partial charge in [-0.15, -0.1) is 0 Å². The number of hydrogen-bond donors (Lipinski definition) is 1. The Morgan fingerprint density at radius 1 is 1.73 bits per heavy atom. The van der Waals surface area contributed by atoms with Crippen molar-refractivity contribution in [3.05, 3.63) is 0 Å².